The molecule has 1 fully saturated rings. The van der Waals surface area contributed by atoms with Crippen LogP contribution in [0.1, 0.15) is 13.8 Å². The van der Waals surface area contributed by atoms with E-state index < -0.39 is 0 Å². The fourth-order valence-corrected chi connectivity index (χ4v) is 2.90. The van der Waals surface area contributed by atoms with Gasteiger partial charge in [0.05, 0.1) is 30.1 Å². The molecule has 1 aromatic heterocycles. The Morgan fingerprint density at radius 3 is 2.70 bits per heavy atom. The third-order valence-electron chi connectivity index (χ3n) is 3.86. The number of hydrogen-bond acceptors (Lipinski definition) is 4. The predicted octanol–water partition coefficient (Wildman–Crippen LogP) is 1.92. The summed E-state index contributed by atoms with van der Waals surface area (Å²) in [5.41, 5.74) is 1.81. The Morgan fingerprint density at radius 2 is 2.00 bits per heavy atom. The highest BCUT2D eigenvalue weighted by Gasteiger charge is 2.25. The lowest BCUT2D eigenvalue weighted by Gasteiger charge is -2.35. The molecule has 3 rings (SSSR count). The van der Waals surface area contributed by atoms with Crippen LogP contribution in [-0.4, -0.2) is 52.4 Å². The van der Waals surface area contributed by atoms with Crippen LogP contribution in [0.4, 0.5) is 5.69 Å². The number of rotatable bonds is 4. The molecule has 122 valence electrons. The molecule has 6 heteroatoms. The summed E-state index contributed by atoms with van der Waals surface area (Å²) in [7, 11) is 0. The summed E-state index contributed by atoms with van der Waals surface area (Å²) < 4.78 is 7.45. The first kappa shape index (κ1) is 15.6. The van der Waals surface area contributed by atoms with Crippen molar-refractivity contribution in [3.8, 4) is 5.69 Å². The van der Waals surface area contributed by atoms with E-state index in [2.05, 4.69) is 10.4 Å². The molecule has 0 bridgehead atoms. The minimum absolute atomic E-state index is 0.0825. The average Bonchev–Trinajstić information content (AvgIpc) is 3.06. The van der Waals surface area contributed by atoms with E-state index >= 15 is 0 Å². The Balaban J connectivity index is 1.66. The molecule has 0 saturated carbocycles. The van der Waals surface area contributed by atoms with Gasteiger partial charge in [-0.05, 0) is 32.0 Å². The van der Waals surface area contributed by atoms with Crippen LogP contribution in [0.15, 0.2) is 42.7 Å². The fourth-order valence-electron chi connectivity index (χ4n) is 2.90. The second-order valence-corrected chi connectivity index (χ2v) is 5.88. The zero-order valence-corrected chi connectivity index (χ0v) is 13.5. The lowest BCUT2D eigenvalue weighted by Crippen LogP contribution is -2.49. The van der Waals surface area contributed by atoms with Gasteiger partial charge >= 0.3 is 0 Å². The maximum atomic E-state index is 12.4. The van der Waals surface area contributed by atoms with Gasteiger partial charge < -0.3 is 15.0 Å². The van der Waals surface area contributed by atoms with Crippen molar-refractivity contribution in [3.63, 3.8) is 0 Å². The van der Waals surface area contributed by atoms with Crippen molar-refractivity contribution in [1.29, 1.82) is 0 Å². The van der Waals surface area contributed by atoms with E-state index in [9.17, 15) is 4.79 Å². The van der Waals surface area contributed by atoms with Crippen LogP contribution in [0.25, 0.3) is 5.69 Å². The number of aromatic nitrogens is 2. The van der Waals surface area contributed by atoms with Crippen molar-refractivity contribution in [2.24, 2.45) is 0 Å². The average molecular weight is 314 g/mol. The smallest absolute Gasteiger partial charge is 0.242 e. The van der Waals surface area contributed by atoms with Gasteiger partial charge in [0.2, 0.25) is 5.91 Å². The van der Waals surface area contributed by atoms with Gasteiger partial charge in [0.1, 0.15) is 0 Å². The molecule has 1 N–H and O–H groups in total. The van der Waals surface area contributed by atoms with Gasteiger partial charge in [-0.15, -0.1) is 0 Å². The Morgan fingerprint density at radius 1 is 1.26 bits per heavy atom. The summed E-state index contributed by atoms with van der Waals surface area (Å²) in [5.74, 6) is 0.0854. The van der Waals surface area contributed by atoms with Crippen LogP contribution in [0, 0.1) is 0 Å². The highest BCUT2D eigenvalue weighted by Crippen LogP contribution is 2.19. The zero-order valence-electron chi connectivity index (χ0n) is 13.5. The molecule has 2 atom stereocenters. The van der Waals surface area contributed by atoms with Gasteiger partial charge in [0, 0.05) is 25.5 Å². The van der Waals surface area contributed by atoms with E-state index in [-0.39, 0.29) is 24.7 Å². The van der Waals surface area contributed by atoms with Crippen LogP contribution >= 0.6 is 0 Å². The van der Waals surface area contributed by atoms with Crippen molar-refractivity contribution in [2.45, 2.75) is 26.1 Å². The Kier molecular flexibility index (Phi) is 4.62. The number of benzene rings is 1. The number of nitrogens with zero attached hydrogens (tertiary/aromatic N) is 3. The number of hydrogen-bond donors (Lipinski definition) is 1. The van der Waals surface area contributed by atoms with Gasteiger partial charge in [-0.25, -0.2) is 4.68 Å². The van der Waals surface area contributed by atoms with E-state index in [1.165, 1.54) is 0 Å². The number of ether oxygens (including phenoxy) is 1. The summed E-state index contributed by atoms with van der Waals surface area (Å²) in [5, 5.41) is 7.48. The molecular formula is C17H22N4O2. The van der Waals surface area contributed by atoms with Crippen LogP contribution in [0.5, 0.6) is 0 Å². The summed E-state index contributed by atoms with van der Waals surface area (Å²) in [6, 6.07) is 9.69. The second kappa shape index (κ2) is 6.83. The maximum Gasteiger partial charge on any atom is 0.242 e. The van der Waals surface area contributed by atoms with Gasteiger partial charge in [-0.3, -0.25) is 4.79 Å². The second-order valence-electron chi connectivity index (χ2n) is 5.88. The van der Waals surface area contributed by atoms with E-state index in [0.29, 0.717) is 13.1 Å². The number of carbonyl (C=O) groups is 1. The molecule has 6 nitrogen and oxygen atoms in total. The Bertz CT molecular complexity index is 646. The maximum absolute atomic E-state index is 12.4. The van der Waals surface area contributed by atoms with Crippen LogP contribution in [0.2, 0.25) is 0 Å². The third-order valence-corrected chi connectivity index (χ3v) is 3.86. The van der Waals surface area contributed by atoms with Gasteiger partial charge in [-0.2, -0.15) is 5.10 Å². The topological polar surface area (TPSA) is 59.4 Å². The lowest BCUT2D eigenvalue weighted by molar-refractivity contribution is -0.141. The van der Waals surface area contributed by atoms with Crippen LogP contribution in [-0.2, 0) is 9.53 Å². The molecule has 1 aromatic carbocycles. The molecule has 23 heavy (non-hydrogen) atoms. The minimum atomic E-state index is 0.0825. The largest absolute Gasteiger partial charge is 0.374 e. The Labute approximate surface area is 136 Å². The molecule has 0 aliphatic carbocycles. The number of nitrogens with one attached hydrogen (secondary N) is 1. The first-order valence-corrected chi connectivity index (χ1v) is 7.89. The first-order chi connectivity index (χ1) is 11.1. The molecule has 1 aliphatic rings. The summed E-state index contributed by atoms with van der Waals surface area (Å²) in [6.07, 6.45) is 3.78. The molecule has 1 saturated heterocycles. The number of morpholine rings is 1. The number of carbonyl (C=O) groups excluding carboxylic acids is 1. The predicted molar refractivity (Wildman–Crippen MR) is 88.6 cm³/mol. The Hall–Kier alpha value is -2.34. The standard InChI is InChI=1S/C17H22N4O2/c1-13-11-20(12-14(2)23-13)17(22)10-18-15-6-3-4-7-16(15)21-9-5-8-19-21/h3-9,13-14,18H,10-12H2,1-2H3. The lowest BCUT2D eigenvalue weighted by atomic mass is 10.2. The zero-order chi connectivity index (χ0) is 16.2. The molecule has 1 aliphatic heterocycles. The van der Waals surface area contributed by atoms with E-state index in [0.717, 1.165) is 11.4 Å². The minimum Gasteiger partial charge on any atom is -0.374 e. The highest BCUT2D eigenvalue weighted by atomic mass is 16.5. The van der Waals surface area contributed by atoms with Gasteiger partial charge in [0.15, 0.2) is 0 Å². The van der Waals surface area contributed by atoms with Crippen molar-refractivity contribution in [2.75, 3.05) is 25.0 Å². The molecule has 2 unspecified atom stereocenters. The first-order valence-electron chi connectivity index (χ1n) is 7.89. The van der Waals surface area contributed by atoms with Crippen LogP contribution in [0.3, 0.4) is 0 Å². The summed E-state index contributed by atoms with van der Waals surface area (Å²) in [6.45, 7) is 5.54. The molecule has 1 amide bonds. The van der Waals surface area contributed by atoms with Crippen molar-refractivity contribution in [3.05, 3.63) is 42.7 Å². The number of amides is 1. The number of para-hydroxylation sites is 2. The molecule has 2 aromatic rings. The summed E-state index contributed by atoms with van der Waals surface area (Å²) >= 11 is 0. The van der Waals surface area contributed by atoms with E-state index in [4.69, 9.17) is 4.74 Å². The molecule has 0 spiro atoms. The molecule has 2 heterocycles. The van der Waals surface area contributed by atoms with Gasteiger partial charge in [-0.1, -0.05) is 12.1 Å². The summed E-state index contributed by atoms with van der Waals surface area (Å²) in [4.78, 5) is 14.3. The highest BCUT2D eigenvalue weighted by molar-refractivity contribution is 5.82. The molecule has 0 radical (unpaired) electrons. The SMILES string of the molecule is CC1CN(C(=O)CNc2ccccc2-n2cccn2)CC(C)O1. The fraction of sp³-hybridized carbons (Fsp3) is 0.412. The monoisotopic (exact) mass is 314 g/mol. The van der Waals surface area contributed by atoms with Crippen molar-refractivity contribution >= 4 is 11.6 Å². The van der Waals surface area contributed by atoms with E-state index in [1.807, 2.05) is 55.3 Å². The molecular weight excluding hydrogens is 292 g/mol. The quantitative estimate of drug-likeness (QED) is 0.937. The normalized spacial score (nSPS) is 21.2. The van der Waals surface area contributed by atoms with Crippen LogP contribution < -0.4 is 5.32 Å². The number of anilines is 1. The van der Waals surface area contributed by atoms with Crippen molar-refractivity contribution in [1.82, 2.24) is 14.7 Å². The third kappa shape index (κ3) is 3.71. The van der Waals surface area contributed by atoms with Gasteiger partial charge in [0.25, 0.3) is 0 Å². The van der Waals surface area contributed by atoms with Crippen molar-refractivity contribution < 1.29 is 9.53 Å². The van der Waals surface area contributed by atoms with E-state index in [1.54, 1.807) is 10.9 Å².